The van der Waals surface area contributed by atoms with E-state index in [0.717, 1.165) is 73.4 Å². The van der Waals surface area contributed by atoms with Crippen LogP contribution in [-0.4, -0.2) is 63.1 Å². The van der Waals surface area contributed by atoms with Crippen LogP contribution in [0.3, 0.4) is 0 Å². The largest absolute Gasteiger partial charge is 0.354 e. The summed E-state index contributed by atoms with van der Waals surface area (Å²) in [5.74, 6) is 3.02. The van der Waals surface area contributed by atoms with Crippen LogP contribution in [0.2, 0.25) is 0 Å². The molecule has 0 saturated carbocycles. The molecule has 8 heteroatoms. The van der Waals surface area contributed by atoms with E-state index in [2.05, 4.69) is 24.9 Å². The quantitative estimate of drug-likeness (QED) is 0.792. The number of hydrogen-bond donors (Lipinski definition) is 0. The predicted octanol–water partition coefficient (Wildman–Crippen LogP) is 0.953. The van der Waals surface area contributed by atoms with Crippen molar-refractivity contribution < 1.29 is 0 Å². The van der Waals surface area contributed by atoms with Crippen LogP contribution in [0.25, 0.3) is 0 Å². The van der Waals surface area contributed by atoms with Gasteiger partial charge in [-0.3, -0.25) is 9.69 Å². The van der Waals surface area contributed by atoms with E-state index < -0.39 is 0 Å². The highest BCUT2D eigenvalue weighted by Gasteiger charge is 2.19. The van der Waals surface area contributed by atoms with Gasteiger partial charge in [0.1, 0.15) is 12.1 Å². The highest BCUT2D eigenvalue weighted by molar-refractivity contribution is 7.98. The van der Waals surface area contributed by atoms with Gasteiger partial charge in [0.05, 0.1) is 12.2 Å². The maximum atomic E-state index is 12.3. The second-order valence-electron chi connectivity index (χ2n) is 6.83. The van der Waals surface area contributed by atoms with E-state index in [4.69, 9.17) is 0 Å². The smallest absolute Gasteiger partial charge is 0.267 e. The van der Waals surface area contributed by atoms with Crippen LogP contribution in [0.15, 0.2) is 23.3 Å². The Balaban J connectivity index is 1.33. The highest BCUT2D eigenvalue weighted by Crippen LogP contribution is 2.21. The number of anilines is 1. The van der Waals surface area contributed by atoms with Crippen LogP contribution in [0.4, 0.5) is 5.82 Å². The minimum atomic E-state index is 0.0290. The summed E-state index contributed by atoms with van der Waals surface area (Å²) in [4.78, 5) is 25.5. The zero-order chi connectivity index (χ0) is 17.9. The molecule has 0 N–H and O–H groups in total. The molecule has 2 aromatic heterocycles. The normalized spacial score (nSPS) is 18.0. The Kier molecular flexibility index (Phi) is 5.21. The highest BCUT2D eigenvalue weighted by atomic mass is 32.2. The van der Waals surface area contributed by atoms with E-state index in [0.29, 0.717) is 6.54 Å². The Labute approximate surface area is 157 Å². The lowest BCUT2D eigenvalue weighted by Gasteiger charge is -2.35. The van der Waals surface area contributed by atoms with E-state index in [1.54, 1.807) is 17.1 Å². The fourth-order valence-electron chi connectivity index (χ4n) is 3.46. The molecule has 4 rings (SSSR count). The van der Waals surface area contributed by atoms with E-state index in [1.807, 2.05) is 24.8 Å². The maximum Gasteiger partial charge on any atom is 0.267 e. The van der Waals surface area contributed by atoms with Crippen LogP contribution in [0, 0.1) is 6.92 Å². The lowest BCUT2D eigenvalue weighted by molar-refractivity contribution is 0.242. The molecular weight excluding hydrogens is 348 g/mol. The Morgan fingerprint density at radius 1 is 1.12 bits per heavy atom. The van der Waals surface area contributed by atoms with Crippen molar-refractivity contribution in [2.75, 3.05) is 43.4 Å². The van der Waals surface area contributed by atoms with Gasteiger partial charge in [-0.2, -0.15) is 16.9 Å². The van der Waals surface area contributed by atoms with Gasteiger partial charge in [-0.1, -0.05) is 0 Å². The molecule has 1 fully saturated rings. The van der Waals surface area contributed by atoms with Gasteiger partial charge in [0.25, 0.3) is 5.56 Å². The van der Waals surface area contributed by atoms with E-state index >= 15 is 0 Å². The van der Waals surface area contributed by atoms with Crippen molar-refractivity contribution in [1.29, 1.82) is 0 Å². The molecule has 4 heterocycles. The molecule has 2 aromatic rings. The second-order valence-corrected chi connectivity index (χ2v) is 7.93. The van der Waals surface area contributed by atoms with Gasteiger partial charge < -0.3 is 4.90 Å². The molecule has 7 nitrogen and oxygen atoms in total. The van der Waals surface area contributed by atoms with Crippen LogP contribution < -0.4 is 10.5 Å². The fourth-order valence-corrected chi connectivity index (χ4v) is 4.41. The lowest BCUT2D eigenvalue weighted by atomic mass is 10.2. The Morgan fingerprint density at radius 2 is 1.96 bits per heavy atom. The summed E-state index contributed by atoms with van der Waals surface area (Å²) in [5.41, 5.74) is 3.25. The van der Waals surface area contributed by atoms with Gasteiger partial charge in [-0.25, -0.2) is 14.6 Å². The topological polar surface area (TPSA) is 67.2 Å². The van der Waals surface area contributed by atoms with Crippen molar-refractivity contribution in [3.05, 3.63) is 45.8 Å². The molecular formula is C18H24N6OS. The first kappa shape index (κ1) is 17.5. The number of nitrogens with zero attached hydrogens (tertiary/aromatic N) is 6. The maximum absolute atomic E-state index is 12.3. The molecule has 2 aliphatic heterocycles. The van der Waals surface area contributed by atoms with E-state index in [9.17, 15) is 4.79 Å². The Bertz CT molecular complexity index is 831. The van der Waals surface area contributed by atoms with Crippen molar-refractivity contribution in [2.45, 2.75) is 25.6 Å². The van der Waals surface area contributed by atoms with Crippen LogP contribution in [0.5, 0.6) is 0 Å². The third kappa shape index (κ3) is 3.91. The third-order valence-corrected chi connectivity index (χ3v) is 6.03. The average Bonchev–Trinajstić information content (AvgIpc) is 2.67. The van der Waals surface area contributed by atoms with E-state index in [-0.39, 0.29) is 5.56 Å². The van der Waals surface area contributed by atoms with Crippen molar-refractivity contribution >= 4 is 17.6 Å². The van der Waals surface area contributed by atoms with Crippen LogP contribution in [0.1, 0.15) is 17.0 Å². The van der Waals surface area contributed by atoms with Crippen molar-refractivity contribution in [2.24, 2.45) is 0 Å². The average molecular weight is 372 g/mol. The molecule has 0 atom stereocenters. The molecule has 1 saturated heterocycles. The summed E-state index contributed by atoms with van der Waals surface area (Å²) >= 11 is 1.88. The third-order valence-electron chi connectivity index (χ3n) is 5.02. The van der Waals surface area contributed by atoms with Crippen LogP contribution in [-0.2, 0) is 18.7 Å². The number of hydrogen-bond acceptors (Lipinski definition) is 7. The van der Waals surface area contributed by atoms with Gasteiger partial charge in [-0.15, -0.1) is 0 Å². The summed E-state index contributed by atoms with van der Waals surface area (Å²) in [6.45, 7) is 7.34. The number of thioether (sulfide) groups is 1. The van der Waals surface area contributed by atoms with Crippen molar-refractivity contribution in [3.8, 4) is 0 Å². The first-order valence-corrected chi connectivity index (χ1v) is 10.3. The standard InChI is InChI=1S/C18H24N6OS/c1-14-10-17(20-13-19-14)23-6-3-22(4-7-23)5-8-24-18(25)11-15-12-26-9-2-16(15)21-24/h10-11,13H,2-9,12H2,1H3. The number of piperazine rings is 1. The Hall–Kier alpha value is -1.93. The number of aryl methyl sites for hydroxylation is 2. The van der Waals surface area contributed by atoms with Gasteiger partial charge >= 0.3 is 0 Å². The minimum absolute atomic E-state index is 0.0290. The SMILES string of the molecule is Cc1cc(N2CCN(CCn3nc4c(cc3=O)CSCC4)CC2)ncn1. The molecule has 0 amide bonds. The first-order valence-electron chi connectivity index (χ1n) is 9.13. The zero-order valence-corrected chi connectivity index (χ0v) is 15.9. The minimum Gasteiger partial charge on any atom is -0.354 e. The van der Waals surface area contributed by atoms with Crippen molar-refractivity contribution in [1.82, 2.24) is 24.6 Å². The van der Waals surface area contributed by atoms with Gasteiger partial charge in [-0.05, 0) is 18.2 Å². The molecule has 2 aliphatic rings. The molecule has 26 heavy (non-hydrogen) atoms. The van der Waals surface area contributed by atoms with Gasteiger partial charge in [0.15, 0.2) is 0 Å². The van der Waals surface area contributed by atoms with Crippen LogP contribution >= 0.6 is 11.8 Å². The summed E-state index contributed by atoms with van der Waals surface area (Å²) in [6.07, 6.45) is 2.60. The van der Waals surface area contributed by atoms with Crippen molar-refractivity contribution in [3.63, 3.8) is 0 Å². The number of aromatic nitrogens is 4. The molecule has 0 aromatic carbocycles. The first-order chi connectivity index (χ1) is 12.7. The molecule has 0 spiro atoms. The molecule has 0 bridgehead atoms. The number of fused-ring (bicyclic) bond motifs is 1. The van der Waals surface area contributed by atoms with E-state index in [1.165, 1.54) is 0 Å². The summed E-state index contributed by atoms with van der Waals surface area (Å²) < 4.78 is 1.65. The van der Waals surface area contributed by atoms with Gasteiger partial charge in [0.2, 0.25) is 0 Å². The zero-order valence-electron chi connectivity index (χ0n) is 15.1. The second kappa shape index (κ2) is 7.75. The predicted molar refractivity (Wildman–Crippen MR) is 104 cm³/mol. The summed E-state index contributed by atoms with van der Waals surface area (Å²) in [5, 5.41) is 4.61. The molecule has 0 radical (unpaired) electrons. The molecule has 0 aliphatic carbocycles. The fraction of sp³-hybridized carbons (Fsp3) is 0.556. The Morgan fingerprint density at radius 3 is 2.77 bits per heavy atom. The molecule has 0 unspecified atom stereocenters. The lowest BCUT2D eigenvalue weighted by Crippen LogP contribution is -2.48. The number of rotatable bonds is 4. The van der Waals surface area contributed by atoms with Gasteiger partial charge in [0, 0.05) is 62.7 Å². The summed E-state index contributed by atoms with van der Waals surface area (Å²) in [7, 11) is 0. The monoisotopic (exact) mass is 372 g/mol. The summed E-state index contributed by atoms with van der Waals surface area (Å²) in [6, 6.07) is 3.81. The molecule has 138 valence electrons.